The Kier molecular flexibility index (Phi) is 4.24. The molecule has 9 aromatic rings. The van der Waals surface area contributed by atoms with Crippen molar-refractivity contribution in [2.75, 3.05) is 0 Å². The molecule has 0 bridgehead atoms. The van der Waals surface area contributed by atoms with Crippen molar-refractivity contribution in [2.24, 2.45) is 0 Å². The first kappa shape index (κ1) is 21.1. The van der Waals surface area contributed by atoms with Crippen molar-refractivity contribution in [3.05, 3.63) is 127 Å². The number of thiophene rings is 1. The highest BCUT2D eigenvalue weighted by molar-refractivity contribution is 7.26. The van der Waals surface area contributed by atoms with Crippen molar-refractivity contribution in [3.63, 3.8) is 0 Å². The fourth-order valence-corrected chi connectivity index (χ4v) is 7.57. The van der Waals surface area contributed by atoms with Crippen LogP contribution in [0.5, 0.6) is 0 Å². The first-order valence-corrected chi connectivity index (χ1v) is 14.1. The number of benzene rings is 6. The summed E-state index contributed by atoms with van der Waals surface area (Å²) in [5.74, 6) is 0. The van der Waals surface area contributed by atoms with Gasteiger partial charge in [0.1, 0.15) is 0 Å². The van der Waals surface area contributed by atoms with E-state index in [1.54, 1.807) is 0 Å². The Morgan fingerprint density at radius 2 is 1.26 bits per heavy atom. The summed E-state index contributed by atoms with van der Waals surface area (Å²) in [6.45, 7) is 0. The van der Waals surface area contributed by atoms with E-state index in [0.29, 0.717) is 0 Å². The van der Waals surface area contributed by atoms with Crippen molar-refractivity contribution < 1.29 is 0 Å². The van der Waals surface area contributed by atoms with Gasteiger partial charge in [0.05, 0.1) is 21.3 Å². The van der Waals surface area contributed by atoms with Gasteiger partial charge in [0.15, 0.2) is 0 Å². The van der Waals surface area contributed by atoms with Crippen molar-refractivity contribution in [1.29, 1.82) is 0 Å². The standard InChI is InChI=1S/C36H22N2S/c1-2-9-22(10-3-1)23-11-8-12-24(19-23)38-32-16-7-5-14-26(32)29-20-30-28-18-17-27-25-13-4-6-15-31(25)37-35(27)36(28)39-34(30)21-33(29)38/h1-21,37H. The molecule has 9 rings (SSSR count). The maximum Gasteiger partial charge on any atom is 0.0646 e. The molecular weight excluding hydrogens is 492 g/mol. The molecule has 0 unspecified atom stereocenters. The topological polar surface area (TPSA) is 20.7 Å². The highest BCUT2D eigenvalue weighted by Crippen LogP contribution is 2.43. The molecule has 3 heterocycles. The molecule has 0 radical (unpaired) electrons. The van der Waals surface area contributed by atoms with Gasteiger partial charge in [0.2, 0.25) is 0 Å². The van der Waals surface area contributed by atoms with Crippen LogP contribution in [0.25, 0.3) is 80.6 Å². The van der Waals surface area contributed by atoms with Crippen molar-refractivity contribution in [3.8, 4) is 16.8 Å². The number of nitrogens with zero attached hydrogens (tertiary/aromatic N) is 1. The van der Waals surface area contributed by atoms with Gasteiger partial charge in [-0.2, -0.15) is 0 Å². The molecule has 3 aromatic heterocycles. The lowest BCUT2D eigenvalue weighted by molar-refractivity contribution is 1.18. The molecule has 0 aliphatic heterocycles. The molecule has 3 heteroatoms. The van der Waals surface area contributed by atoms with Crippen LogP contribution in [-0.4, -0.2) is 9.55 Å². The van der Waals surface area contributed by atoms with Gasteiger partial charge in [-0.25, -0.2) is 0 Å². The number of rotatable bonds is 2. The van der Waals surface area contributed by atoms with Crippen molar-refractivity contribution in [1.82, 2.24) is 9.55 Å². The maximum atomic E-state index is 3.71. The Labute approximate surface area is 228 Å². The van der Waals surface area contributed by atoms with Crippen LogP contribution in [0.2, 0.25) is 0 Å². The minimum absolute atomic E-state index is 1.18. The number of hydrogen-bond donors (Lipinski definition) is 1. The van der Waals surface area contributed by atoms with Gasteiger partial charge in [0.25, 0.3) is 0 Å². The summed E-state index contributed by atoms with van der Waals surface area (Å²) in [4.78, 5) is 3.71. The zero-order valence-corrected chi connectivity index (χ0v) is 21.8. The Hall–Kier alpha value is -4.86. The van der Waals surface area contributed by atoms with E-state index in [2.05, 4.69) is 137 Å². The summed E-state index contributed by atoms with van der Waals surface area (Å²) < 4.78 is 5.07. The molecule has 182 valence electrons. The largest absolute Gasteiger partial charge is 0.353 e. The van der Waals surface area contributed by atoms with E-state index in [-0.39, 0.29) is 0 Å². The Bertz CT molecular complexity index is 2390. The molecule has 0 spiro atoms. The van der Waals surface area contributed by atoms with E-state index in [0.717, 1.165) is 0 Å². The van der Waals surface area contributed by atoms with Crippen LogP contribution in [0.4, 0.5) is 0 Å². The first-order valence-electron chi connectivity index (χ1n) is 13.3. The monoisotopic (exact) mass is 514 g/mol. The Morgan fingerprint density at radius 3 is 2.18 bits per heavy atom. The summed E-state index contributed by atoms with van der Waals surface area (Å²) in [7, 11) is 0. The van der Waals surface area contributed by atoms with Gasteiger partial charge >= 0.3 is 0 Å². The van der Waals surface area contributed by atoms with Crippen LogP contribution in [0.3, 0.4) is 0 Å². The molecule has 0 saturated heterocycles. The lowest BCUT2D eigenvalue weighted by atomic mass is 10.1. The van der Waals surface area contributed by atoms with Crippen molar-refractivity contribution >= 4 is 75.1 Å². The van der Waals surface area contributed by atoms with E-state index in [4.69, 9.17) is 0 Å². The van der Waals surface area contributed by atoms with E-state index < -0.39 is 0 Å². The average Bonchev–Trinajstić information content (AvgIpc) is 3.66. The normalized spacial score (nSPS) is 12.1. The summed E-state index contributed by atoms with van der Waals surface area (Å²) in [6, 6.07) is 46.3. The first-order chi connectivity index (χ1) is 19.3. The fourth-order valence-electron chi connectivity index (χ4n) is 6.35. The molecule has 1 N–H and O–H groups in total. The predicted octanol–water partition coefficient (Wildman–Crippen LogP) is 10.5. The highest BCUT2D eigenvalue weighted by atomic mass is 32.1. The number of aromatic nitrogens is 2. The number of hydrogen-bond acceptors (Lipinski definition) is 1. The third kappa shape index (κ3) is 2.96. The molecule has 0 amide bonds. The Morgan fingerprint density at radius 1 is 0.487 bits per heavy atom. The Balaban J connectivity index is 1.36. The van der Waals surface area contributed by atoms with Crippen LogP contribution in [0, 0.1) is 0 Å². The molecule has 0 fully saturated rings. The lowest BCUT2D eigenvalue weighted by Crippen LogP contribution is -1.94. The average molecular weight is 515 g/mol. The number of para-hydroxylation sites is 2. The van der Waals surface area contributed by atoms with Crippen LogP contribution in [0.15, 0.2) is 127 Å². The second kappa shape index (κ2) is 7.83. The van der Waals surface area contributed by atoms with E-state index in [9.17, 15) is 0 Å². The lowest BCUT2D eigenvalue weighted by Gasteiger charge is -2.10. The van der Waals surface area contributed by atoms with Crippen LogP contribution < -0.4 is 0 Å². The van der Waals surface area contributed by atoms with Crippen LogP contribution in [0.1, 0.15) is 0 Å². The number of H-pyrrole nitrogens is 1. The van der Waals surface area contributed by atoms with Crippen LogP contribution in [-0.2, 0) is 0 Å². The van der Waals surface area contributed by atoms with Gasteiger partial charge in [-0.15, -0.1) is 11.3 Å². The van der Waals surface area contributed by atoms with E-state index in [1.165, 1.54) is 80.6 Å². The van der Waals surface area contributed by atoms with E-state index >= 15 is 0 Å². The highest BCUT2D eigenvalue weighted by Gasteiger charge is 2.17. The predicted molar refractivity (Wildman–Crippen MR) is 168 cm³/mol. The zero-order valence-electron chi connectivity index (χ0n) is 21.0. The third-order valence-corrected chi connectivity index (χ3v) is 9.31. The van der Waals surface area contributed by atoms with Crippen LogP contribution >= 0.6 is 11.3 Å². The van der Waals surface area contributed by atoms with E-state index in [1.807, 2.05) is 11.3 Å². The second-order valence-corrected chi connectivity index (χ2v) is 11.3. The van der Waals surface area contributed by atoms with Gasteiger partial charge in [0, 0.05) is 48.2 Å². The maximum absolute atomic E-state index is 3.71. The summed E-state index contributed by atoms with van der Waals surface area (Å²) in [5.41, 5.74) is 8.55. The molecule has 0 aliphatic carbocycles. The number of aromatic amines is 1. The summed E-state index contributed by atoms with van der Waals surface area (Å²) >= 11 is 1.89. The number of nitrogens with one attached hydrogen (secondary N) is 1. The molecule has 39 heavy (non-hydrogen) atoms. The minimum atomic E-state index is 1.18. The second-order valence-electron chi connectivity index (χ2n) is 10.3. The molecule has 6 aromatic carbocycles. The SMILES string of the molecule is c1ccc(-c2cccc(-n3c4ccccc4c4cc5c(cc43)sc3c5ccc4c5ccccc5[nH]c43)c2)cc1. The molecule has 0 saturated carbocycles. The minimum Gasteiger partial charge on any atom is -0.353 e. The van der Waals surface area contributed by atoms with Gasteiger partial charge < -0.3 is 9.55 Å². The van der Waals surface area contributed by atoms with Gasteiger partial charge in [-0.05, 0) is 47.5 Å². The molecule has 2 nitrogen and oxygen atoms in total. The summed E-state index contributed by atoms with van der Waals surface area (Å²) in [6.07, 6.45) is 0. The smallest absolute Gasteiger partial charge is 0.0646 e. The fraction of sp³-hybridized carbons (Fsp3) is 0. The third-order valence-electron chi connectivity index (χ3n) is 8.12. The van der Waals surface area contributed by atoms with Crippen molar-refractivity contribution in [2.45, 2.75) is 0 Å². The van der Waals surface area contributed by atoms with Gasteiger partial charge in [-0.3, -0.25) is 0 Å². The summed E-state index contributed by atoms with van der Waals surface area (Å²) in [5, 5.41) is 7.79. The molecule has 0 atom stereocenters. The number of fused-ring (bicyclic) bond motifs is 10. The molecular formula is C36H22N2S. The van der Waals surface area contributed by atoms with Gasteiger partial charge in [-0.1, -0.05) is 91.0 Å². The zero-order chi connectivity index (χ0) is 25.5. The molecule has 0 aliphatic rings. The quantitative estimate of drug-likeness (QED) is 0.237.